The number of hydrogen-bond donors (Lipinski definition) is 4. The molecule has 2 aromatic rings. The maximum Gasteiger partial charge on any atom is 0.253 e. The molecule has 2 aliphatic rings. The van der Waals surface area contributed by atoms with Gasteiger partial charge in [-0.3, -0.25) is 9.59 Å². The molecule has 8 heteroatoms. The van der Waals surface area contributed by atoms with Crippen LogP contribution >= 0.6 is 0 Å². The maximum absolute atomic E-state index is 13.0. The zero-order valence-corrected chi connectivity index (χ0v) is 19.9. The summed E-state index contributed by atoms with van der Waals surface area (Å²) in [6, 6.07) is 11.8. The van der Waals surface area contributed by atoms with Crippen LogP contribution in [-0.2, 0) is 18.3 Å². The first-order valence-electron chi connectivity index (χ1n) is 12.0. The Balaban J connectivity index is 1.94. The van der Waals surface area contributed by atoms with Crippen LogP contribution in [-0.4, -0.2) is 48.6 Å². The minimum absolute atomic E-state index is 0.0657. The lowest BCUT2D eigenvalue weighted by molar-refractivity contribution is 0.0651. The molecule has 34 heavy (non-hydrogen) atoms. The van der Waals surface area contributed by atoms with E-state index >= 15 is 0 Å². The molecular formula is C26H34N6O2. The molecule has 180 valence electrons. The molecule has 1 amide bonds. The van der Waals surface area contributed by atoms with Gasteiger partial charge in [-0.25, -0.2) is 11.4 Å². The van der Waals surface area contributed by atoms with Gasteiger partial charge in [0.1, 0.15) is 12.1 Å². The van der Waals surface area contributed by atoms with Gasteiger partial charge in [-0.05, 0) is 79.6 Å². The Labute approximate surface area is 200 Å². The number of nitrogens with zero attached hydrogens (tertiary/aromatic N) is 2. The molecule has 0 saturated carbocycles. The number of amidine groups is 1. The van der Waals surface area contributed by atoms with E-state index < -0.39 is 5.41 Å². The second-order valence-corrected chi connectivity index (χ2v) is 9.25. The van der Waals surface area contributed by atoms with E-state index in [4.69, 9.17) is 11.6 Å². The van der Waals surface area contributed by atoms with Gasteiger partial charge in [-0.15, -0.1) is 0 Å². The highest BCUT2D eigenvalue weighted by Crippen LogP contribution is 2.44. The van der Waals surface area contributed by atoms with Crippen molar-refractivity contribution in [1.82, 2.24) is 15.8 Å². The van der Waals surface area contributed by atoms with Crippen LogP contribution in [0, 0.1) is 0 Å². The topological polar surface area (TPSA) is 126 Å². The molecule has 1 aliphatic carbocycles. The van der Waals surface area contributed by atoms with Crippen molar-refractivity contribution in [1.29, 1.82) is 0 Å². The molecule has 1 saturated heterocycles. The van der Waals surface area contributed by atoms with Crippen LogP contribution < -0.4 is 22.4 Å². The first-order chi connectivity index (χ1) is 16.4. The molecular weight excluding hydrogens is 428 g/mol. The Kier molecular flexibility index (Phi) is 7.00. The molecule has 1 aliphatic heterocycles. The predicted octanol–water partition coefficient (Wildman–Crippen LogP) is 1.85. The minimum atomic E-state index is -0.783. The SMILES string of the molecule is CCNC(C)CC1(/C(N)=N/NN)c2ccc(C=O)cc2CCc2cc(C(=O)N3CCC3)ccc21. The monoisotopic (exact) mass is 462 g/mol. The molecule has 6 N–H and O–H groups in total. The third-order valence-corrected chi connectivity index (χ3v) is 7.13. The van der Waals surface area contributed by atoms with Crippen LogP contribution in [0.1, 0.15) is 69.7 Å². The Morgan fingerprint density at radius 3 is 2.44 bits per heavy atom. The number of rotatable bonds is 8. The molecule has 8 nitrogen and oxygen atoms in total. The quantitative estimate of drug-likeness (QED) is 0.156. The lowest BCUT2D eigenvalue weighted by atomic mass is 9.67. The van der Waals surface area contributed by atoms with Crippen molar-refractivity contribution in [2.24, 2.45) is 16.7 Å². The highest BCUT2D eigenvalue weighted by Gasteiger charge is 2.44. The smallest absolute Gasteiger partial charge is 0.253 e. The normalized spacial score (nSPS) is 20.4. The van der Waals surface area contributed by atoms with Gasteiger partial charge < -0.3 is 16.0 Å². The van der Waals surface area contributed by atoms with E-state index in [9.17, 15) is 9.59 Å². The number of hydrazone groups is 1. The number of carbonyl (C=O) groups is 2. The van der Waals surface area contributed by atoms with Crippen LogP contribution in [0.15, 0.2) is 41.5 Å². The van der Waals surface area contributed by atoms with Gasteiger partial charge in [-0.2, -0.15) is 5.10 Å². The van der Waals surface area contributed by atoms with E-state index in [0.29, 0.717) is 23.4 Å². The Bertz CT molecular complexity index is 1110. The second-order valence-electron chi connectivity index (χ2n) is 9.25. The van der Waals surface area contributed by atoms with E-state index in [2.05, 4.69) is 29.8 Å². The lowest BCUT2D eigenvalue weighted by Gasteiger charge is -2.38. The highest BCUT2D eigenvalue weighted by atomic mass is 16.2. The van der Waals surface area contributed by atoms with Gasteiger partial charge >= 0.3 is 0 Å². The van der Waals surface area contributed by atoms with Crippen LogP contribution in [0.5, 0.6) is 0 Å². The summed E-state index contributed by atoms with van der Waals surface area (Å²) < 4.78 is 0. The van der Waals surface area contributed by atoms with E-state index in [1.807, 2.05) is 41.3 Å². The third-order valence-electron chi connectivity index (χ3n) is 7.13. The molecule has 0 bridgehead atoms. The Hall–Kier alpha value is -3.23. The number of amides is 1. The number of carbonyl (C=O) groups excluding carboxylic acids is 2. The highest BCUT2D eigenvalue weighted by molar-refractivity contribution is 5.98. The van der Waals surface area contributed by atoms with Crippen molar-refractivity contribution in [3.63, 3.8) is 0 Å². The van der Waals surface area contributed by atoms with Crippen molar-refractivity contribution < 1.29 is 9.59 Å². The molecule has 0 spiro atoms. The molecule has 1 fully saturated rings. The summed E-state index contributed by atoms with van der Waals surface area (Å²) in [5.41, 5.74) is 13.8. The number of hydrogen-bond acceptors (Lipinski definition) is 6. The number of aldehydes is 1. The Morgan fingerprint density at radius 2 is 1.85 bits per heavy atom. The predicted molar refractivity (Wildman–Crippen MR) is 134 cm³/mol. The summed E-state index contributed by atoms with van der Waals surface area (Å²) >= 11 is 0. The average molecular weight is 463 g/mol. The number of likely N-dealkylation sites (tertiary alicyclic amines) is 1. The molecule has 0 aromatic heterocycles. The molecule has 2 aromatic carbocycles. The first kappa shape index (κ1) is 23.9. The number of fused-ring (bicyclic) bond motifs is 2. The number of aryl methyl sites for hydroxylation is 2. The average Bonchev–Trinajstić information content (AvgIpc) is 2.93. The fraction of sp³-hybridized carbons (Fsp3) is 0.423. The minimum Gasteiger partial charge on any atom is -0.385 e. The molecule has 0 radical (unpaired) electrons. The number of hydrazine groups is 1. The summed E-state index contributed by atoms with van der Waals surface area (Å²) in [5.74, 6) is 6.02. The standard InChI is InChI=1S/C26H34N6O2/c1-3-29-17(2)15-26(25(27)30-31-28)22-9-5-18(16-33)13-19(22)6-7-20-14-21(8-10-23(20)26)24(34)32-11-4-12-32/h5,8-10,13-14,16-17,29,31H,3-4,6-7,11-12,15,28H2,1-2H3,(H2,27,30). The molecule has 2 atom stereocenters. The van der Waals surface area contributed by atoms with Crippen molar-refractivity contribution in [3.8, 4) is 0 Å². The Morgan fingerprint density at radius 1 is 1.18 bits per heavy atom. The summed E-state index contributed by atoms with van der Waals surface area (Å²) in [4.78, 5) is 26.4. The maximum atomic E-state index is 13.0. The third kappa shape index (κ3) is 4.19. The van der Waals surface area contributed by atoms with Crippen LogP contribution in [0.3, 0.4) is 0 Å². The van der Waals surface area contributed by atoms with E-state index in [-0.39, 0.29) is 11.9 Å². The largest absolute Gasteiger partial charge is 0.385 e. The van der Waals surface area contributed by atoms with Gasteiger partial charge in [0, 0.05) is 30.3 Å². The summed E-state index contributed by atoms with van der Waals surface area (Å²) in [7, 11) is 0. The van der Waals surface area contributed by atoms with E-state index in [1.165, 1.54) is 0 Å². The van der Waals surface area contributed by atoms with Crippen LogP contribution in [0.25, 0.3) is 0 Å². The van der Waals surface area contributed by atoms with Gasteiger partial charge in [0.2, 0.25) is 0 Å². The fourth-order valence-corrected chi connectivity index (χ4v) is 5.42. The lowest BCUT2D eigenvalue weighted by Crippen LogP contribution is -2.48. The van der Waals surface area contributed by atoms with Crippen LogP contribution in [0.2, 0.25) is 0 Å². The van der Waals surface area contributed by atoms with E-state index in [0.717, 1.165) is 67.4 Å². The van der Waals surface area contributed by atoms with Gasteiger partial charge in [0.15, 0.2) is 0 Å². The van der Waals surface area contributed by atoms with Gasteiger partial charge in [0.05, 0.1) is 5.41 Å². The van der Waals surface area contributed by atoms with Crippen molar-refractivity contribution in [3.05, 3.63) is 69.8 Å². The van der Waals surface area contributed by atoms with Crippen molar-refractivity contribution in [2.75, 3.05) is 19.6 Å². The zero-order valence-electron chi connectivity index (χ0n) is 19.9. The summed E-state index contributed by atoms with van der Waals surface area (Å²) in [5, 5.41) is 7.77. The summed E-state index contributed by atoms with van der Waals surface area (Å²) in [6.07, 6.45) is 4.01. The van der Waals surface area contributed by atoms with Gasteiger partial charge in [-0.1, -0.05) is 25.1 Å². The summed E-state index contributed by atoms with van der Waals surface area (Å²) in [6.45, 7) is 6.63. The van der Waals surface area contributed by atoms with Crippen LogP contribution in [0.4, 0.5) is 0 Å². The van der Waals surface area contributed by atoms with Gasteiger partial charge in [0.25, 0.3) is 5.91 Å². The number of benzene rings is 2. The number of nitrogens with two attached hydrogens (primary N) is 2. The number of nitrogens with one attached hydrogen (secondary N) is 2. The molecule has 4 rings (SSSR count). The van der Waals surface area contributed by atoms with Crippen molar-refractivity contribution >= 4 is 18.0 Å². The second kappa shape index (κ2) is 9.95. The first-order valence-corrected chi connectivity index (χ1v) is 12.0. The van der Waals surface area contributed by atoms with E-state index in [1.54, 1.807) is 0 Å². The van der Waals surface area contributed by atoms with Crippen molar-refractivity contribution in [2.45, 2.75) is 51.0 Å². The fourth-order valence-electron chi connectivity index (χ4n) is 5.42. The zero-order chi connectivity index (χ0) is 24.3. The molecule has 2 unspecified atom stereocenters. The molecule has 1 heterocycles.